The van der Waals surface area contributed by atoms with Crippen LogP contribution in [0.25, 0.3) is 10.9 Å². The minimum absolute atomic E-state index is 0.140. The molecule has 1 aliphatic rings. The lowest BCUT2D eigenvalue weighted by molar-refractivity contribution is -0.133. The maximum Gasteiger partial charge on any atom is 0.230 e. The van der Waals surface area contributed by atoms with Crippen molar-refractivity contribution in [2.75, 3.05) is 20.8 Å². The lowest BCUT2D eigenvalue weighted by Gasteiger charge is -2.30. The first-order valence-corrected chi connectivity index (χ1v) is 9.01. The lowest BCUT2D eigenvalue weighted by atomic mass is 9.83. The molecule has 0 spiro atoms. The Morgan fingerprint density at radius 2 is 2.20 bits per heavy atom. The van der Waals surface area contributed by atoms with Gasteiger partial charge in [-0.05, 0) is 50.8 Å². The van der Waals surface area contributed by atoms with Gasteiger partial charge in [-0.15, -0.1) is 0 Å². The zero-order valence-corrected chi connectivity index (χ0v) is 15.5. The van der Waals surface area contributed by atoms with E-state index < -0.39 is 6.67 Å². The van der Waals surface area contributed by atoms with Crippen molar-refractivity contribution < 1.29 is 13.9 Å². The number of likely N-dealkylation sites (N-methyl/N-ethyl adjacent to an activating group) is 1. The van der Waals surface area contributed by atoms with E-state index in [2.05, 4.69) is 0 Å². The van der Waals surface area contributed by atoms with Gasteiger partial charge in [0.2, 0.25) is 5.91 Å². The summed E-state index contributed by atoms with van der Waals surface area (Å²) in [6.07, 6.45) is 2.65. The quantitative estimate of drug-likeness (QED) is 0.823. The number of halogens is 1. The SMILES string of the molecule is COc1cccc2c1c1c(n2CCF)CCC[C@@H]1C(=O)N(C)C(C)C. The molecule has 0 saturated heterocycles. The molecular weight excluding hydrogens is 319 g/mol. The van der Waals surface area contributed by atoms with Crippen LogP contribution in [0.1, 0.15) is 43.9 Å². The lowest BCUT2D eigenvalue weighted by Crippen LogP contribution is -2.37. The van der Waals surface area contributed by atoms with Gasteiger partial charge in [0.1, 0.15) is 12.4 Å². The number of methoxy groups -OCH3 is 1. The second-order valence-corrected chi connectivity index (χ2v) is 7.04. The highest BCUT2D eigenvalue weighted by atomic mass is 19.1. The van der Waals surface area contributed by atoms with Gasteiger partial charge in [-0.3, -0.25) is 4.79 Å². The Morgan fingerprint density at radius 1 is 1.44 bits per heavy atom. The van der Waals surface area contributed by atoms with Crippen LogP contribution in [0.5, 0.6) is 5.75 Å². The van der Waals surface area contributed by atoms with Gasteiger partial charge in [0.05, 0.1) is 25.1 Å². The van der Waals surface area contributed by atoms with E-state index in [4.69, 9.17) is 4.74 Å². The van der Waals surface area contributed by atoms with E-state index in [1.165, 1.54) is 0 Å². The molecule has 1 aliphatic carbocycles. The number of hydrogen-bond donors (Lipinski definition) is 0. The fraction of sp³-hybridized carbons (Fsp3) is 0.550. The summed E-state index contributed by atoms with van der Waals surface area (Å²) in [6, 6.07) is 6.00. The average molecular weight is 346 g/mol. The highest BCUT2D eigenvalue weighted by Crippen LogP contribution is 2.43. The van der Waals surface area contributed by atoms with Crippen LogP contribution in [0.2, 0.25) is 0 Å². The Labute approximate surface area is 148 Å². The van der Waals surface area contributed by atoms with Crippen LogP contribution in [0.15, 0.2) is 18.2 Å². The number of alkyl halides is 1. The Morgan fingerprint density at radius 3 is 2.84 bits per heavy atom. The third kappa shape index (κ3) is 2.90. The zero-order chi connectivity index (χ0) is 18.1. The smallest absolute Gasteiger partial charge is 0.230 e. The van der Waals surface area contributed by atoms with Crippen LogP contribution in [0.3, 0.4) is 0 Å². The van der Waals surface area contributed by atoms with Gasteiger partial charge in [-0.2, -0.15) is 0 Å². The van der Waals surface area contributed by atoms with E-state index in [0.717, 1.165) is 47.2 Å². The van der Waals surface area contributed by atoms with Gasteiger partial charge in [0.15, 0.2) is 0 Å². The van der Waals surface area contributed by atoms with E-state index in [-0.39, 0.29) is 17.9 Å². The van der Waals surface area contributed by atoms with E-state index >= 15 is 0 Å². The van der Waals surface area contributed by atoms with Gasteiger partial charge in [0.25, 0.3) is 0 Å². The third-order valence-electron chi connectivity index (χ3n) is 5.40. The highest BCUT2D eigenvalue weighted by Gasteiger charge is 2.35. The Hall–Kier alpha value is -2.04. The van der Waals surface area contributed by atoms with E-state index in [9.17, 15) is 9.18 Å². The average Bonchev–Trinajstić information content (AvgIpc) is 2.95. The largest absolute Gasteiger partial charge is 0.496 e. The topological polar surface area (TPSA) is 34.5 Å². The van der Waals surface area contributed by atoms with Crippen LogP contribution in [-0.2, 0) is 17.8 Å². The monoisotopic (exact) mass is 346 g/mol. The number of amides is 1. The van der Waals surface area contributed by atoms with Gasteiger partial charge < -0.3 is 14.2 Å². The highest BCUT2D eigenvalue weighted by molar-refractivity contribution is 5.97. The maximum atomic E-state index is 13.2. The van der Waals surface area contributed by atoms with Crippen molar-refractivity contribution in [1.29, 1.82) is 0 Å². The summed E-state index contributed by atoms with van der Waals surface area (Å²) in [4.78, 5) is 14.9. The van der Waals surface area contributed by atoms with Gasteiger partial charge in [-0.25, -0.2) is 4.39 Å². The molecule has 136 valence electrons. The molecule has 0 fully saturated rings. The second-order valence-electron chi connectivity index (χ2n) is 7.04. The van der Waals surface area contributed by atoms with Gasteiger partial charge in [-0.1, -0.05) is 6.07 Å². The number of nitrogens with zero attached hydrogens (tertiary/aromatic N) is 2. The Kier molecular flexibility index (Phi) is 5.02. The molecule has 0 unspecified atom stereocenters. The number of fused-ring (bicyclic) bond motifs is 3. The number of ether oxygens (including phenoxy) is 1. The predicted molar refractivity (Wildman–Crippen MR) is 98.1 cm³/mol. The summed E-state index contributed by atoms with van der Waals surface area (Å²) in [6.45, 7) is 3.95. The van der Waals surface area contributed by atoms with Crippen LogP contribution in [-0.4, -0.2) is 42.2 Å². The minimum Gasteiger partial charge on any atom is -0.496 e. The van der Waals surface area contributed by atoms with Crippen LogP contribution in [0, 0.1) is 0 Å². The van der Waals surface area contributed by atoms with Crippen LogP contribution in [0.4, 0.5) is 4.39 Å². The van der Waals surface area contributed by atoms with Crippen molar-refractivity contribution in [3.63, 3.8) is 0 Å². The minimum atomic E-state index is -0.419. The molecule has 1 amide bonds. The van der Waals surface area contributed by atoms with Crippen LogP contribution >= 0.6 is 0 Å². The Bertz CT molecular complexity index is 782. The van der Waals surface area contributed by atoms with E-state index in [0.29, 0.717) is 6.54 Å². The van der Waals surface area contributed by atoms with Gasteiger partial charge in [0, 0.05) is 24.2 Å². The summed E-state index contributed by atoms with van der Waals surface area (Å²) in [5.41, 5.74) is 3.11. The molecule has 4 nitrogen and oxygen atoms in total. The van der Waals surface area contributed by atoms with E-state index in [1.54, 1.807) is 7.11 Å². The van der Waals surface area contributed by atoms with Crippen molar-refractivity contribution >= 4 is 16.8 Å². The first-order chi connectivity index (χ1) is 12.0. The standard InChI is InChI=1S/C20H27FN2O2/c1-13(2)22(3)20(24)14-7-5-8-15-18(14)19-16(23(15)12-11-21)9-6-10-17(19)25-4/h6,9-10,13-14H,5,7-8,11-12H2,1-4H3/t14-/m0/s1. The molecule has 1 atom stereocenters. The van der Waals surface area contributed by atoms with Gasteiger partial charge >= 0.3 is 0 Å². The number of aryl methyl sites for hydroxylation is 1. The first-order valence-electron chi connectivity index (χ1n) is 9.01. The molecule has 0 aliphatic heterocycles. The Balaban J connectivity index is 2.23. The fourth-order valence-electron chi connectivity index (χ4n) is 3.97. The van der Waals surface area contributed by atoms with Crippen LogP contribution < -0.4 is 4.74 Å². The molecule has 1 heterocycles. The summed E-state index contributed by atoms with van der Waals surface area (Å²) < 4.78 is 20.8. The first kappa shape index (κ1) is 17.8. The molecule has 0 saturated carbocycles. The predicted octanol–water partition coefficient (Wildman–Crippen LogP) is 3.91. The molecule has 5 heteroatoms. The molecule has 1 aromatic heterocycles. The molecule has 3 rings (SSSR count). The van der Waals surface area contributed by atoms with Crippen molar-refractivity contribution in [2.24, 2.45) is 0 Å². The van der Waals surface area contributed by atoms with Crippen molar-refractivity contribution in [3.05, 3.63) is 29.5 Å². The molecule has 0 bridgehead atoms. The summed E-state index contributed by atoms with van der Waals surface area (Å²) in [5.74, 6) is 0.718. The molecule has 1 aromatic carbocycles. The van der Waals surface area contributed by atoms with E-state index in [1.807, 2.05) is 48.6 Å². The fourth-order valence-corrected chi connectivity index (χ4v) is 3.97. The molecular formula is C20H27FN2O2. The summed E-state index contributed by atoms with van der Waals surface area (Å²) in [7, 11) is 3.51. The maximum absolute atomic E-state index is 13.2. The van der Waals surface area contributed by atoms with Crippen molar-refractivity contribution in [3.8, 4) is 5.75 Å². The number of hydrogen-bond acceptors (Lipinski definition) is 2. The van der Waals surface area contributed by atoms with Crippen molar-refractivity contribution in [1.82, 2.24) is 9.47 Å². The molecule has 0 radical (unpaired) electrons. The number of carbonyl (C=O) groups excluding carboxylic acids is 1. The second kappa shape index (κ2) is 7.06. The number of benzene rings is 1. The molecule has 25 heavy (non-hydrogen) atoms. The zero-order valence-electron chi connectivity index (χ0n) is 15.5. The summed E-state index contributed by atoms with van der Waals surface area (Å²) >= 11 is 0. The number of aromatic nitrogens is 1. The molecule has 0 N–H and O–H groups in total. The third-order valence-corrected chi connectivity index (χ3v) is 5.40. The number of rotatable bonds is 5. The summed E-state index contributed by atoms with van der Waals surface area (Å²) in [5, 5.41) is 0.976. The van der Waals surface area contributed by atoms with Crippen molar-refractivity contribution in [2.45, 2.75) is 51.6 Å². The number of carbonyl (C=O) groups is 1. The molecule has 2 aromatic rings. The normalized spacial score (nSPS) is 17.0.